The summed E-state index contributed by atoms with van der Waals surface area (Å²) < 4.78 is 6.07. The number of aliphatic hydroxyl groups excluding tert-OH is 2. The number of anilines is 2. The SMILES string of the molecule is CN(C)c1cc(NC(=O)Oc2ccc(Br)cc2)c(O)c2c1CC1CC3C(N(C)C)C(=O)C(C(N)=O)=C(O)C3(O)C(=O)C1=C2O. The van der Waals surface area contributed by atoms with Crippen molar-refractivity contribution in [1.29, 1.82) is 0 Å². The molecule has 2 amide bonds. The van der Waals surface area contributed by atoms with Gasteiger partial charge in [-0.05, 0) is 68.8 Å². The molecule has 1 fully saturated rings. The lowest BCUT2D eigenvalue weighted by atomic mass is 9.57. The van der Waals surface area contributed by atoms with E-state index in [0.29, 0.717) is 11.3 Å². The lowest BCUT2D eigenvalue weighted by Crippen LogP contribution is -2.65. The van der Waals surface area contributed by atoms with Crippen LogP contribution in [0.15, 0.2) is 51.7 Å². The number of Topliss-reactive ketones (excluding diaryl/α,β-unsaturated/α-hetero) is 2. The van der Waals surface area contributed by atoms with Crippen LogP contribution in [0.25, 0.3) is 5.76 Å². The predicted molar refractivity (Wildman–Crippen MR) is 162 cm³/mol. The fourth-order valence-corrected chi connectivity index (χ4v) is 6.80. The van der Waals surface area contributed by atoms with Gasteiger partial charge in [-0.15, -0.1) is 0 Å². The molecule has 0 heterocycles. The number of amides is 2. The largest absolute Gasteiger partial charge is 0.508 e. The molecular formula is C30H31BrN4O9. The lowest BCUT2D eigenvalue weighted by Gasteiger charge is -2.50. The first-order valence-corrected chi connectivity index (χ1v) is 14.3. The maximum atomic E-state index is 14.1. The average Bonchev–Trinajstić information content (AvgIpc) is 2.93. The number of ketones is 2. The Morgan fingerprint density at radius 2 is 1.73 bits per heavy atom. The second-order valence-corrected chi connectivity index (χ2v) is 12.4. The van der Waals surface area contributed by atoms with Crippen molar-refractivity contribution in [1.82, 2.24) is 4.90 Å². The third-order valence-electron chi connectivity index (χ3n) is 8.44. The Hall–Kier alpha value is -4.40. The summed E-state index contributed by atoms with van der Waals surface area (Å²) in [7, 11) is 6.50. The molecule has 2 aromatic rings. The number of phenols is 1. The molecule has 1 saturated carbocycles. The highest BCUT2D eigenvalue weighted by Crippen LogP contribution is 2.54. The van der Waals surface area contributed by atoms with Crippen LogP contribution in [0.3, 0.4) is 0 Å². The maximum absolute atomic E-state index is 14.1. The maximum Gasteiger partial charge on any atom is 0.417 e. The summed E-state index contributed by atoms with van der Waals surface area (Å²) in [6, 6.07) is 6.77. The number of phenolic OH excluding ortho intramolecular Hbond substituents is 1. The monoisotopic (exact) mass is 670 g/mol. The van der Waals surface area contributed by atoms with E-state index in [-0.39, 0.29) is 35.4 Å². The molecule has 0 bridgehead atoms. The van der Waals surface area contributed by atoms with Crippen LogP contribution in [0.4, 0.5) is 16.2 Å². The van der Waals surface area contributed by atoms with Crippen molar-refractivity contribution in [3.8, 4) is 11.5 Å². The number of benzene rings is 2. The smallest absolute Gasteiger partial charge is 0.417 e. The van der Waals surface area contributed by atoms with E-state index < -0.39 is 69.9 Å². The summed E-state index contributed by atoms with van der Waals surface area (Å²) in [4.78, 5) is 55.4. The number of primary amides is 1. The molecule has 5 rings (SSSR count). The normalized spacial score (nSPS) is 24.5. The molecule has 4 atom stereocenters. The standard InChI is InChI=1S/C30H31BrN4O9/c1-34(2)18-11-17(33-29(42)44-14-7-5-13(31)6-8-14)23(36)20-15(18)9-12-10-16-22(35(3)4)25(38)21(28(32)41)27(40)30(16,43)26(39)19(12)24(20)37/h5-8,11-12,16,22,36-37,40,43H,9-10H2,1-4H3,(H2,32,41)(H,33,42). The molecule has 44 heavy (non-hydrogen) atoms. The lowest BCUT2D eigenvalue weighted by molar-refractivity contribution is -0.153. The Balaban J connectivity index is 1.63. The van der Waals surface area contributed by atoms with E-state index in [1.165, 1.54) is 25.1 Å². The third kappa shape index (κ3) is 4.69. The van der Waals surface area contributed by atoms with E-state index in [2.05, 4.69) is 21.2 Å². The van der Waals surface area contributed by atoms with E-state index in [9.17, 15) is 39.6 Å². The van der Waals surface area contributed by atoms with Crippen LogP contribution in [0.2, 0.25) is 0 Å². The summed E-state index contributed by atoms with van der Waals surface area (Å²) in [6.45, 7) is 0. The zero-order valence-corrected chi connectivity index (χ0v) is 25.8. The fourth-order valence-electron chi connectivity index (χ4n) is 6.53. The number of nitrogens with two attached hydrogens (primary N) is 1. The highest BCUT2D eigenvalue weighted by Gasteiger charge is 2.64. The first-order valence-electron chi connectivity index (χ1n) is 13.5. The van der Waals surface area contributed by atoms with Crippen molar-refractivity contribution in [2.24, 2.45) is 17.6 Å². The number of hydrogen-bond donors (Lipinski definition) is 6. The Morgan fingerprint density at radius 1 is 1.09 bits per heavy atom. The molecule has 4 unspecified atom stereocenters. The highest BCUT2D eigenvalue weighted by atomic mass is 79.9. The summed E-state index contributed by atoms with van der Waals surface area (Å²) >= 11 is 3.30. The molecule has 0 spiro atoms. The molecule has 13 nitrogen and oxygen atoms in total. The number of aliphatic hydroxyl groups is 3. The van der Waals surface area contributed by atoms with Gasteiger partial charge in [0, 0.05) is 35.7 Å². The summed E-state index contributed by atoms with van der Waals surface area (Å²) in [5, 5.41) is 48.2. The van der Waals surface area contributed by atoms with Gasteiger partial charge in [0.05, 0.1) is 17.3 Å². The van der Waals surface area contributed by atoms with Crippen LogP contribution < -0.4 is 20.7 Å². The minimum atomic E-state index is -2.76. The topological polar surface area (TPSA) is 203 Å². The van der Waals surface area contributed by atoms with Gasteiger partial charge >= 0.3 is 6.09 Å². The van der Waals surface area contributed by atoms with Crippen LogP contribution in [-0.2, 0) is 20.8 Å². The average molecular weight is 672 g/mol. The number of hydrogen-bond acceptors (Lipinski definition) is 11. The van der Waals surface area contributed by atoms with Crippen LogP contribution in [0, 0.1) is 11.8 Å². The number of rotatable bonds is 5. The second-order valence-electron chi connectivity index (χ2n) is 11.5. The molecular weight excluding hydrogens is 640 g/mol. The van der Waals surface area contributed by atoms with Crippen molar-refractivity contribution in [3.05, 3.63) is 62.8 Å². The number of likely N-dealkylation sites (N-methyl/N-ethyl adjacent to an activating group) is 1. The highest BCUT2D eigenvalue weighted by molar-refractivity contribution is 9.10. The number of nitrogens with zero attached hydrogens (tertiary/aromatic N) is 2. The van der Waals surface area contributed by atoms with Gasteiger partial charge in [-0.3, -0.25) is 24.6 Å². The molecule has 2 aromatic carbocycles. The summed E-state index contributed by atoms with van der Waals surface area (Å²) in [5.74, 6) is -7.37. The van der Waals surface area contributed by atoms with Crippen molar-refractivity contribution in [2.75, 3.05) is 38.4 Å². The second kappa shape index (κ2) is 10.9. The van der Waals surface area contributed by atoms with Crippen LogP contribution in [-0.4, -0.2) is 88.7 Å². The molecule has 0 aromatic heterocycles. The molecule has 232 valence electrons. The van der Waals surface area contributed by atoms with Gasteiger partial charge in [-0.1, -0.05) is 15.9 Å². The van der Waals surface area contributed by atoms with Crippen LogP contribution in [0.1, 0.15) is 17.5 Å². The fraction of sp³-hybridized carbons (Fsp3) is 0.333. The van der Waals surface area contributed by atoms with E-state index in [0.717, 1.165) is 4.47 Å². The summed E-state index contributed by atoms with van der Waals surface area (Å²) in [5.41, 5.74) is 2.08. The molecule has 7 N–H and O–H groups in total. The molecule has 14 heteroatoms. The third-order valence-corrected chi connectivity index (χ3v) is 8.97. The van der Waals surface area contributed by atoms with Crippen molar-refractivity contribution < 1.29 is 44.3 Å². The van der Waals surface area contributed by atoms with Gasteiger partial charge in [-0.25, -0.2) is 4.79 Å². The number of carbonyl (C=O) groups is 4. The number of fused-ring (bicyclic) bond motifs is 3. The molecule has 3 aliphatic carbocycles. The number of carbonyl (C=O) groups excluding carboxylic acids is 4. The molecule has 0 aliphatic heterocycles. The van der Waals surface area contributed by atoms with Gasteiger partial charge in [0.1, 0.15) is 22.8 Å². The predicted octanol–water partition coefficient (Wildman–Crippen LogP) is 2.40. The minimum Gasteiger partial charge on any atom is -0.508 e. The van der Waals surface area contributed by atoms with E-state index in [4.69, 9.17) is 10.5 Å². The molecule has 3 aliphatic rings. The quantitative estimate of drug-likeness (QED) is 0.201. The Morgan fingerprint density at radius 3 is 2.30 bits per heavy atom. The molecule has 0 saturated heterocycles. The first kappa shape index (κ1) is 31.0. The van der Waals surface area contributed by atoms with Crippen LogP contribution in [0.5, 0.6) is 11.5 Å². The Bertz CT molecular complexity index is 1680. The number of halogens is 1. The van der Waals surface area contributed by atoms with Crippen molar-refractivity contribution >= 4 is 56.6 Å². The first-order chi connectivity index (χ1) is 20.6. The van der Waals surface area contributed by atoms with Gasteiger partial charge in [0.25, 0.3) is 5.91 Å². The number of aromatic hydroxyl groups is 1. The van der Waals surface area contributed by atoms with Gasteiger partial charge in [0.2, 0.25) is 5.78 Å². The zero-order chi connectivity index (χ0) is 32.4. The molecule has 0 radical (unpaired) electrons. The van der Waals surface area contributed by atoms with Gasteiger partial charge in [0.15, 0.2) is 17.1 Å². The van der Waals surface area contributed by atoms with Gasteiger partial charge in [-0.2, -0.15) is 0 Å². The Kier molecular flexibility index (Phi) is 7.72. The van der Waals surface area contributed by atoms with Crippen LogP contribution >= 0.6 is 15.9 Å². The Labute approximate surface area is 260 Å². The van der Waals surface area contributed by atoms with E-state index >= 15 is 0 Å². The minimum absolute atomic E-state index is 0.0427. The van der Waals surface area contributed by atoms with E-state index in [1.54, 1.807) is 43.3 Å². The number of nitrogens with one attached hydrogen (secondary N) is 1. The zero-order valence-electron chi connectivity index (χ0n) is 24.2. The van der Waals surface area contributed by atoms with Crippen molar-refractivity contribution in [2.45, 2.75) is 24.5 Å². The number of ether oxygens (including phenoxy) is 1. The van der Waals surface area contributed by atoms with Gasteiger partial charge < -0.3 is 35.8 Å². The van der Waals surface area contributed by atoms with E-state index in [1.807, 2.05) is 0 Å². The summed E-state index contributed by atoms with van der Waals surface area (Å²) in [6.07, 6.45) is -0.882. The van der Waals surface area contributed by atoms with Crippen molar-refractivity contribution in [3.63, 3.8) is 0 Å².